The number of hydrogen-bond donors (Lipinski definition) is 1. The molecule has 128 valence electrons. The predicted molar refractivity (Wildman–Crippen MR) is 89.6 cm³/mol. The number of benzene rings is 1. The molecule has 8 heteroatoms. The Morgan fingerprint density at radius 3 is 2.52 bits per heavy atom. The Morgan fingerprint density at radius 2 is 2.00 bits per heavy atom. The first kappa shape index (κ1) is 18.2. The zero-order valence-electron chi connectivity index (χ0n) is 13.3. The average Bonchev–Trinajstić information content (AvgIpc) is 2.91. The normalized spacial score (nSPS) is 21.9. The molecule has 1 aliphatic rings. The molecule has 1 saturated heterocycles. The Labute approximate surface area is 142 Å². The molecule has 0 saturated carbocycles. The molecule has 1 atom stereocenters. The Morgan fingerprint density at radius 1 is 1.39 bits per heavy atom. The molecule has 2 N–H and O–H groups in total. The topological polar surface area (TPSA) is 83.7 Å². The van der Waals surface area contributed by atoms with Crippen LogP contribution in [0.3, 0.4) is 0 Å². The number of carbonyl (C=O) groups excluding carboxylic acids is 1. The second-order valence-electron chi connectivity index (χ2n) is 6.30. The molecule has 6 nitrogen and oxygen atoms in total. The molecule has 0 aliphatic carbocycles. The fourth-order valence-electron chi connectivity index (χ4n) is 2.57. The summed E-state index contributed by atoms with van der Waals surface area (Å²) in [6, 6.07) is 5.88. The lowest BCUT2D eigenvalue weighted by molar-refractivity contribution is -0.130. The van der Waals surface area contributed by atoms with Crippen molar-refractivity contribution in [1.82, 2.24) is 9.21 Å². The molecule has 0 radical (unpaired) electrons. The first-order chi connectivity index (χ1) is 10.7. The second-order valence-corrected chi connectivity index (χ2v) is 8.78. The van der Waals surface area contributed by atoms with Gasteiger partial charge < -0.3 is 10.6 Å². The molecule has 2 rings (SSSR count). The fourth-order valence-corrected chi connectivity index (χ4v) is 3.81. The van der Waals surface area contributed by atoms with Crippen LogP contribution < -0.4 is 5.73 Å². The minimum Gasteiger partial charge on any atom is -0.341 e. The largest absolute Gasteiger partial charge is 0.341 e. The Balaban J connectivity index is 2.05. The number of nitrogens with zero attached hydrogens (tertiary/aromatic N) is 2. The van der Waals surface area contributed by atoms with Crippen LogP contribution in [0.1, 0.15) is 13.3 Å². The summed E-state index contributed by atoms with van der Waals surface area (Å²) in [5.74, 6) is -0.206. The number of carbonyl (C=O) groups is 1. The van der Waals surface area contributed by atoms with Gasteiger partial charge >= 0.3 is 0 Å². The number of rotatable bonds is 5. The summed E-state index contributed by atoms with van der Waals surface area (Å²) in [4.78, 5) is 14.1. The highest BCUT2D eigenvalue weighted by Crippen LogP contribution is 2.28. The summed E-state index contributed by atoms with van der Waals surface area (Å²) in [5.41, 5.74) is 5.65. The highest BCUT2D eigenvalue weighted by Gasteiger charge is 2.35. The summed E-state index contributed by atoms with van der Waals surface area (Å²) in [5, 5.41) is 0.459. The van der Waals surface area contributed by atoms with E-state index in [0.717, 1.165) is 10.7 Å². The zero-order valence-corrected chi connectivity index (χ0v) is 14.9. The summed E-state index contributed by atoms with van der Waals surface area (Å²) in [7, 11) is -2.31. The average molecular weight is 360 g/mol. The van der Waals surface area contributed by atoms with Gasteiger partial charge in [0.25, 0.3) is 0 Å². The summed E-state index contributed by atoms with van der Waals surface area (Å²) >= 11 is 5.77. The van der Waals surface area contributed by atoms with E-state index < -0.39 is 10.0 Å². The van der Waals surface area contributed by atoms with E-state index >= 15 is 0 Å². The lowest BCUT2D eigenvalue weighted by Crippen LogP contribution is -2.41. The van der Waals surface area contributed by atoms with Crippen LogP contribution in [0.15, 0.2) is 29.2 Å². The van der Waals surface area contributed by atoms with E-state index in [1.807, 2.05) is 6.92 Å². The van der Waals surface area contributed by atoms with E-state index in [2.05, 4.69) is 0 Å². The molecule has 1 aromatic carbocycles. The van der Waals surface area contributed by atoms with Gasteiger partial charge in [-0.2, -0.15) is 4.31 Å². The molecule has 1 amide bonds. The lowest BCUT2D eigenvalue weighted by atomic mass is 9.90. The number of halogens is 1. The molecule has 23 heavy (non-hydrogen) atoms. The lowest BCUT2D eigenvalue weighted by Gasteiger charge is -2.24. The number of sulfonamides is 1. The molecule has 1 unspecified atom stereocenters. The van der Waals surface area contributed by atoms with Crippen LogP contribution in [0.4, 0.5) is 0 Å². The maximum absolute atomic E-state index is 12.5. The fraction of sp³-hybridized carbons (Fsp3) is 0.533. The van der Waals surface area contributed by atoms with E-state index in [-0.39, 0.29) is 22.8 Å². The molecule has 0 aromatic heterocycles. The molecule has 0 bridgehead atoms. The highest BCUT2D eigenvalue weighted by atomic mass is 35.5. The third kappa shape index (κ3) is 4.03. The van der Waals surface area contributed by atoms with Gasteiger partial charge in [0.1, 0.15) is 0 Å². The molecule has 1 heterocycles. The van der Waals surface area contributed by atoms with Crippen LogP contribution in [-0.4, -0.2) is 56.8 Å². The van der Waals surface area contributed by atoms with Crippen LogP contribution in [0.5, 0.6) is 0 Å². The van der Waals surface area contributed by atoms with Gasteiger partial charge in [-0.3, -0.25) is 4.79 Å². The van der Waals surface area contributed by atoms with Gasteiger partial charge in [0.05, 0.1) is 11.4 Å². The van der Waals surface area contributed by atoms with Crippen molar-refractivity contribution in [3.8, 4) is 0 Å². The monoisotopic (exact) mass is 359 g/mol. The van der Waals surface area contributed by atoms with E-state index in [0.29, 0.717) is 24.7 Å². The van der Waals surface area contributed by atoms with Crippen molar-refractivity contribution in [3.05, 3.63) is 29.3 Å². The van der Waals surface area contributed by atoms with Crippen LogP contribution >= 0.6 is 11.6 Å². The van der Waals surface area contributed by atoms with Gasteiger partial charge in [-0.05, 0) is 42.6 Å². The molecule has 1 fully saturated rings. The van der Waals surface area contributed by atoms with Crippen LogP contribution in [0, 0.1) is 5.41 Å². The molecule has 1 aliphatic heterocycles. The molecule has 0 spiro atoms. The number of likely N-dealkylation sites (tertiary alicyclic amines) is 1. The smallest absolute Gasteiger partial charge is 0.243 e. The summed E-state index contributed by atoms with van der Waals surface area (Å²) in [6.45, 7) is 3.54. The van der Waals surface area contributed by atoms with Crippen molar-refractivity contribution in [2.75, 3.05) is 33.2 Å². The second kappa shape index (κ2) is 6.76. The zero-order chi connectivity index (χ0) is 17.3. The van der Waals surface area contributed by atoms with Crippen molar-refractivity contribution in [2.45, 2.75) is 18.2 Å². The number of likely N-dealkylation sites (N-methyl/N-ethyl adjacent to an activating group) is 1. The number of amides is 1. The van der Waals surface area contributed by atoms with E-state index in [1.165, 1.54) is 31.3 Å². The third-order valence-corrected chi connectivity index (χ3v) is 6.35. The third-order valence-electron chi connectivity index (χ3n) is 4.28. The van der Waals surface area contributed by atoms with Crippen molar-refractivity contribution < 1.29 is 13.2 Å². The number of nitrogens with two attached hydrogens (primary N) is 1. The minimum absolute atomic E-state index is 0.0801. The van der Waals surface area contributed by atoms with Gasteiger partial charge in [0, 0.05) is 25.2 Å². The van der Waals surface area contributed by atoms with Gasteiger partial charge in [-0.1, -0.05) is 18.5 Å². The van der Waals surface area contributed by atoms with Crippen molar-refractivity contribution in [1.29, 1.82) is 0 Å². The standard InChI is InChI=1S/C15H22ClN3O3S/c1-15(10-17)7-8-19(11-15)14(20)9-18(2)23(21,22)13-5-3-12(16)4-6-13/h3-6H,7-11,17H2,1-2H3. The molecular weight excluding hydrogens is 338 g/mol. The maximum atomic E-state index is 12.5. The first-order valence-electron chi connectivity index (χ1n) is 7.38. The first-order valence-corrected chi connectivity index (χ1v) is 9.19. The van der Waals surface area contributed by atoms with Gasteiger partial charge in [-0.25, -0.2) is 8.42 Å². The summed E-state index contributed by atoms with van der Waals surface area (Å²) < 4.78 is 26.0. The van der Waals surface area contributed by atoms with Gasteiger partial charge in [0.2, 0.25) is 15.9 Å². The Hall–Kier alpha value is -1.15. The summed E-state index contributed by atoms with van der Waals surface area (Å²) in [6.07, 6.45) is 0.836. The van der Waals surface area contributed by atoms with E-state index in [9.17, 15) is 13.2 Å². The highest BCUT2D eigenvalue weighted by molar-refractivity contribution is 7.89. The van der Waals surface area contributed by atoms with Crippen molar-refractivity contribution >= 4 is 27.5 Å². The quantitative estimate of drug-likeness (QED) is 0.855. The van der Waals surface area contributed by atoms with Crippen LogP contribution in [0.2, 0.25) is 5.02 Å². The predicted octanol–water partition coefficient (Wildman–Crippen LogP) is 1.16. The number of hydrogen-bond acceptors (Lipinski definition) is 4. The van der Waals surface area contributed by atoms with Crippen LogP contribution in [-0.2, 0) is 14.8 Å². The SMILES string of the molecule is CN(CC(=O)N1CCC(C)(CN)C1)S(=O)(=O)c1ccc(Cl)cc1. The Bertz CT molecular complexity index is 678. The minimum atomic E-state index is -3.71. The van der Waals surface area contributed by atoms with Crippen LogP contribution in [0.25, 0.3) is 0 Å². The molecular formula is C15H22ClN3O3S. The van der Waals surface area contributed by atoms with Crippen molar-refractivity contribution in [3.63, 3.8) is 0 Å². The van der Waals surface area contributed by atoms with E-state index in [4.69, 9.17) is 17.3 Å². The molecule has 1 aromatic rings. The Kier molecular flexibility index (Phi) is 5.35. The van der Waals surface area contributed by atoms with E-state index in [1.54, 1.807) is 4.90 Å². The van der Waals surface area contributed by atoms with Gasteiger partial charge in [-0.15, -0.1) is 0 Å². The van der Waals surface area contributed by atoms with Gasteiger partial charge in [0.15, 0.2) is 0 Å². The maximum Gasteiger partial charge on any atom is 0.243 e. The van der Waals surface area contributed by atoms with Crippen molar-refractivity contribution in [2.24, 2.45) is 11.1 Å².